The largest absolute Gasteiger partial charge is 0.478 e. The number of amides is 1. The molecule has 0 spiro atoms. The highest BCUT2D eigenvalue weighted by molar-refractivity contribution is 7.89. The molecule has 4 rings (SSSR count). The van der Waals surface area contributed by atoms with Crippen molar-refractivity contribution in [3.05, 3.63) is 80.5 Å². The molecule has 33 heavy (non-hydrogen) atoms. The number of nitrogens with one attached hydrogen (secondary N) is 1. The zero-order valence-corrected chi connectivity index (χ0v) is 19.2. The third-order valence-corrected chi connectivity index (χ3v) is 8.59. The van der Waals surface area contributed by atoms with Crippen molar-refractivity contribution < 1.29 is 23.1 Å². The van der Waals surface area contributed by atoms with Gasteiger partial charge in [0.25, 0.3) is 5.91 Å². The fraction of sp³-hybridized carbons (Fsp3) is 0.174. The van der Waals surface area contributed by atoms with E-state index < -0.39 is 21.9 Å². The van der Waals surface area contributed by atoms with E-state index in [0.29, 0.717) is 17.8 Å². The summed E-state index contributed by atoms with van der Waals surface area (Å²) in [5.41, 5.74) is 2.03. The van der Waals surface area contributed by atoms with Gasteiger partial charge in [0.05, 0.1) is 32.7 Å². The molecule has 1 aromatic heterocycles. The zero-order valence-electron chi connectivity index (χ0n) is 17.5. The van der Waals surface area contributed by atoms with E-state index in [4.69, 9.17) is 5.26 Å². The number of hydrogen-bond acceptors (Lipinski definition) is 6. The molecule has 0 unspecified atom stereocenters. The molecule has 1 aliphatic rings. The summed E-state index contributed by atoms with van der Waals surface area (Å²) >= 11 is 1.02. The number of sulfonamides is 1. The minimum atomic E-state index is -3.82. The van der Waals surface area contributed by atoms with Crippen LogP contribution in [-0.2, 0) is 23.0 Å². The number of hydrogen-bond donors (Lipinski definition) is 2. The number of rotatable bonds is 5. The molecule has 8 nitrogen and oxygen atoms in total. The van der Waals surface area contributed by atoms with Gasteiger partial charge >= 0.3 is 5.97 Å². The fourth-order valence-corrected chi connectivity index (χ4v) is 6.61. The van der Waals surface area contributed by atoms with Crippen LogP contribution in [0.5, 0.6) is 0 Å². The summed E-state index contributed by atoms with van der Waals surface area (Å²) in [7, 11) is -3.82. The summed E-state index contributed by atoms with van der Waals surface area (Å²) in [6.07, 6.45) is 0.614. The number of benzene rings is 2. The van der Waals surface area contributed by atoms with E-state index in [1.54, 1.807) is 6.92 Å². The Hall–Kier alpha value is -3.52. The summed E-state index contributed by atoms with van der Waals surface area (Å²) in [5, 5.41) is 20.9. The number of carbonyl (C=O) groups excluding carboxylic acids is 1. The number of anilines is 1. The van der Waals surface area contributed by atoms with Gasteiger partial charge in [-0.05, 0) is 48.7 Å². The highest BCUT2D eigenvalue weighted by Crippen LogP contribution is 2.32. The maximum atomic E-state index is 13.3. The lowest BCUT2D eigenvalue weighted by atomic mass is 10.0. The molecule has 1 amide bonds. The molecule has 2 N–H and O–H groups in total. The van der Waals surface area contributed by atoms with Crippen molar-refractivity contribution in [1.82, 2.24) is 4.31 Å². The number of nitriles is 1. The lowest BCUT2D eigenvalue weighted by Gasteiger charge is -2.28. The van der Waals surface area contributed by atoms with E-state index in [1.807, 2.05) is 30.3 Å². The van der Waals surface area contributed by atoms with Crippen LogP contribution in [0.3, 0.4) is 0 Å². The molecule has 2 aromatic carbocycles. The van der Waals surface area contributed by atoms with E-state index in [0.717, 1.165) is 22.5 Å². The van der Waals surface area contributed by atoms with Gasteiger partial charge in [-0.1, -0.05) is 24.3 Å². The Labute approximate surface area is 194 Å². The van der Waals surface area contributed by atoms with Gasteiger partial charge in [0.15, 0.2) is 0 Å². The SMILES string of the molecule is Cc1sc(C(=O)Nc2ccc(C#N)cc2C(=O)O)cc1S(=O)(=O)N1CCc2ccccc2C1. The van der Waals surface area contributed by atoms with E-state index in [2.05, 4.69) is 5.32 Å². The normalized spacial score (nSPS) is 13.7. The Bertz CT molecular complexity index is 1420. The molecule has 0 bridgehead atoms. The maximum absolute atomic E-state index is 13.3. The first-order valence-electron chi connectivity index (χ1n) is 9.97. The van der Waals surface area contributed by atoms with E-state index in [9.17, 15) is 23.1 Å². The van der Waals surface area contributed by atoms with Crippen molar-refractivity contribution in [2.45, 2.75) is 24.8 Å². The predicted octanol–water partition coefficient (Wildman–Crippen LogP) is 3.63. The smallest absolute Gasteiger partial charge is 0.337 e. The van der Waals surface area contributed by atoms with Crippen molar-refractivity contribution in [2.75, 3.05) is 11.9 Å². The van der Waals surface area contributed by atoms with Gasteiger partial charge in [-0.25, -0.2) is 13.2 Å². The van der Waals surface area contributed by atoms with Gasteiger partial charge < -0.3 is 10.4 Å². The van der Waals surface area contributed by atoms with Gasteiger partial charge in [0, 0.05) is 18.0 Å². The van der Waals surface area contributed by atoms with Gasteiger partial charge in [0.2, 0.25) is 10.0 Å². The number of aryl methyl sites for hydroxylation is 1. The van der Waals surface area contributed by atoms with E-state index in [-0.39, 0.29) is 33.1 Å². The number of thiophene rings is 1. The molecule has 0 atom stereocenters. The molecule has 0 radical (unpaired) electrons. The summed E-state index contributed by atoms with van der Waals surface area (Å²) in [6.45, 7) is 2.25. The van der Waals surface area contributed by atoms with Gasteiger partial charge in [-0.15, -0.1) is 11.3 Å². The van der Waals surface area contributed by atoms with Crippen molar-refractivity contribution in [1.29, 1.82) is 5.26 Å². The van der Waals surface area contributed by atoms with Gasteiger partial charge in [-0.3, -0.25) is 4.79 Å². The molecule has 0 aliphatic carbocycles. The minimum absolute atomic E-state index is 0.0228. The quantitative estimate of drug-likeness (QED) is 0.573. The number of aromatic carboxylic acids is 1. The van der Waals surface area contributed by atoms with Crippen LogP contribution in [0.2, 0.25) is 0 Å². The predicted molar refractivity (Wildman–Crippen MR) is 123 cm³/mol. The summed E-state index contributed by atoms with van der Waals surface area (Å²) in [4.78, 5) is 25.0. The summed E-state index contributed by atoms with van der Waals surface area (Å²) < 4.78 is 28.0. The van der Waals surface area contributed by atoms with Crippen molar-refractivity contribution >= 4 is 38.9 Å². The summed E-state index contributed by atoms with van der Waals surface area (Å²) in [6, 6.07) is 14.8. The third-order valence-electron chi connectivity index (χ3n) is 5.44. The molecular formula is C23H19N3O5S2. The Morgan fingerprint density at radius 3 is 2.58 bits per heavy atom. The van der Waals surface area contributed by atoms with E-state index in [1.165, 1.54) is 28.6 Å². The standard InChI is InChI=1S/C23H19N3O5S2/c1-14-21(33(30,31)26-9-8-16-4-2-3-5-17(16)13-26)11-20(32-14)22(27)25-19-7-6-15(12-24)10-18(19)23(28)29/h2-7,10-11H,8-9,13H2,1H3,(H,25,27)(H,28,29). The second kappa shape index (κ2) is 8.78. The van der Waals surface area contributed by atoms with Gasteiger partial charge in [-0.2, -0.15) is 9.57 Å². The minimum Gasteiger partial charge on any atom is -0.478 e. The second-order valence-corrected chi connectivity index (χ2v) is 10.7. The Balaban J connectivity index is 1.60. The molecule has 1 aliphatic heterocycles. The first-order valence-corrected chi connectivity index (χ1v) is 12.2. The number of fused-ring (bicyclic) bond motifs is 1. The molecule has 0 saturated heterocycles. The molecule has 0 fully saturated rings. The molecule has 0 saturated carbocycles. The number of carboxylic acids is 1. The number of nitrogens with zero attached hydrogens (tertiary/aromatic N) is 2. The van der Waals surface area contributed by atoms with Crippen LogP contribution >= 0.6 is 11.3 Å². The summed E-state index contributed by atoms with van der Waals surface area (Å²) in [5.74, 6) is -1.92. The monoisotopic (exact) mass is 481 g/mol. The lowest BCUT2D eigenvalue weighted by molar-refractivity contribution is 0.0698. The highest BCUT2D eigenvalue weighted by atomic mass is 32.2. The average Bonchev–Trinajstić information content (AvgIpc) is 3.21. The topological polar surface area (TPSA) is 128 Å². The van der Waals surface area contributed by atoms with Gasteiger partial charge in [0.1, 0.15) is 0 Å². The first-order chi connectivity index (χ1) is 15.7. The van der Waals surface area contributed by atoms with Crippen LogP contribution in [0.4, 0.5) is 5.69 Å². The van der Waals surface area contributed by atoms with Crippen molar-refractivity contribution in [3.8, 4) is 6.07 Å². The van der Waals surface area contributed by atoms with Crippen LogP contribution in [0.1, 0.15) is 41.6 Å². The molecule has 3 aromatic rings. The zero-order chi connectivity index (χ0) is 23.8. The lowest BCUT2D eigenvalue weighted by Crippen LogP contribution is -2.36. The van der Waals surface area contributed by atoms with Crippen LogP contribution < -0.4 is 5.32 Å². The third kappa shape index (κ3) is 4.39. The van der Waals surface area contributed by atoms with Crippen molar-refractivity contribution in [3.63, 3.8) is 0 Å². The number of carbonyl (C=O) groups is 2. The van der Waals surface area contributed by atoms with Crippen LogP contribution in [0.25, 0.3) is 0 Å². The molecule has 168 valence electrons. The Morgan fingerprint density at radius 1 is 1.15 bits per heavy atom. The van der Waals surface area contributed by atoms with Crippen LogP contribution in [0, 0.1) is 18.3 Å². The van der Waals surface area contributed by atoms with Crippen LogP contribution in [-0.4, -0.2) is 36.3 Å². The second-order valence-electron chi connectivity index (χ2n) is 7.52. The Kier molecular flexibility index (Phi) is 6.03. The average molecular weight is 482 g/mol. The van der Waals surface area contributed by atoms with E-state index >= 15 is 0 Å². The Morgan fingerprint density at radius 2 is 1.88 bits per heavy atom. The van der Waals surface area contributed by atoms with Crippen molar-refractivity contribution in [2.24, 2.45) is 0 Å². The molecular weight excluding hydrogens is 462 g/mol. The number of carboxylic acid groups (broad SMARTS) is 1. The molecule has 10 heteroatoms. The molecule has 2 heterocycles. The maximum Gasteiger partial charge on any atom is 0.337 e. The first kappa shape index (κ1) is 22.7. The van der Waals surface area contributed by atoms with Crippen LogP contribution in [0.15, 0.2) is 53.4 Å². The highest BCUT2D eigenvalue weighted by Gasteiger charge is 2.31. The fourth-order valence-electron chi connectivity index (χ4n) is 3.73.